The van der Waals surface area contributed by atoms with Gasteiger partial charge in [0.05, 0.1) is 13.1 Å². The van der Waals surface area contributed by atoms with Crippen molar-refractivity contribution in [1.82, 2.24) is 10.5 Å². The van der Waals surface area contributed by atoms with Gasteiger partial charge in [0.2, 0.25) is 0 Å². The van der Waals surface area contributed by atoms with E-state index in [1.54, 1.807) is 0 Å². The first kappa shape index (κ1) is 14.8. The molecule has 0 bridgehead atoms. The van der Waals surface area contributed by atoms with Crippen LogP contribution >= 0.6 is 0 Å². The number of alkyl halides is 6. The summed E-state index contributed by atoms with van der Waals surface area (Å²) in [6.45, 7) is -0.320. The topological polar surface area (TPSA) is 38.1 Å². The number of halogens is 6. The average molecular weight is 276 g/mol. The van der Waals surface area contributed by atoms with E-state index in [9.17, 15) is 26.3 Å². The SMILES string of the molecule is CCc1c(C(F)(F)F)noc1CNCC(F)(F)F. The maximum Gasteiger partial charge on any atom is 0.437 e. The third-order valence-corrected chi connectivity index (χ3v) is 2.10. The smallest absolute Gasteiger partial charge is 0.359 e. The molecular weight excluding hydrogens is 266 g/mol. The molecule has 18 heavy (non-hydrogen) atoms. The van der Waals surface area contributed by atoms with Crippen molar-refractivity contribution in [3.05, 3.63) is 17.0 Å². The van der Waals surface area contributed by atoms with Crippen molar-refractivity contribution in [3.8, 4) is 0 Å². The van der Waals surface area contributed by atoms with E-state index in [0.717, 1.165) is 0 Å². The van der Waals surface area contributed by atoms with E-state index in [4.69, 9.17) is 0 Å². The lowest BCUT2D eigenvalue weighted by Gasteiger charge is -2.07. The van der Waals surface area contributed by atoms with E-state index in [2.05, 4.69) is 9.68 Å². The van der Waals surface area contributed by atoms with Crippen LogP contribution in [0.4, 0.5) is 26.3 Å². The van der Waals surface area contributed by atoms with Crippen LogP contribution in [0, 0.1) is 0 Å². The Hall–Kier alpha value is -1.25. The summed E-state index contributed by atoms with van der Waals surface area (Å²) < 4.78 is 77.3. The van der Waals surface area contributed by atoms with Crippen molar-refractivity contribution in [3.63, 3.8) is 0 Å². The zero-order chi connectivity index (χ0) is 14.0. The lowest BCUT2D eigenvalue weighted by molar-refractivity contribution is -0.143. The Morgan fingerprint density at radius 1 is 1.17 bits per heavy atom. The Labute approximate surface area is 98.1 Å². The van der Waals surface area contributed by atoms with Crippen LogP contribution in [0.1, 0.15) is 23.9 Å². The Morgan fingerprint density at radius 3 is 2.22 bits per heavy atom. The molecule has 0 aliphatic carbocycles. The Balaban J connectivity index is 2.76. The zero-order valence-corrected chi connectivity index (χ0v) is 9.24. The van der Waals surface area contributed by atoms with Crippen LogP contribution in [0.2, 0.25) is 0 Å². The maximum atomic E-state index is 12.4. The molecule has 0 fully saturated rings. The molecule has 0 spiro atoms. The second-order valence-electron chi connectivity index (χ2n) is 3.50. The molecule has 0 aliphatic heterocycles. The zero-order valence-electron chi connectivity index (χ0n) is 9.24. The number of hydrogen-bond donors (Lipinski definition) is 1. The minimum Gasteiger partial charge on any atom is -0.359 e. The lowest BCUT2D eigenvalue weighted by Crippen LogP contribution is -2.28. The van der Waals surface area contributed by atoms with Gasteiger partial charge >= 0.3 is 12.4 Å². The Kier molecular flexibility index (Phi) is 4.25. The Morgan fingerprint density at radius 2 is 1.78 bits per heavy atom. The molecule has 0 unspecified atom stereocenters. The van der Waals surface area contributed by atoms with Crippen LogP contribution < -0.4 is 5.32 Å². The van der Waals surface area contributed by atoms with Gasteiger partial charge in [0, 0.05) is 5.56 Å². The number of nitrogens with one attached hydrogen (secondary N) is 1. The van der Waals surface area contributed by atoms with Gasteiger partial charge in [-0.15, -0.1) is 0 Å². The number of rotatable bonds is 4. The van der Waals surface area contributed by atoms with Gasteiger partial charge in [-0.05, 0) is 6.42 Å². The summed E-state index contributed by atoms with van der Waals surface area (Å²) in [7, 11) is 0. The predicted molar refractivity (Wildman–Crippen MR) is 48.6 cm³/mol. The first-order valence-electron chi connectivity index (χ1n) is 4.97. The molecule has 1 N–H and O–H groups in total. The normalized spacial score (nSPS) is 13.1. The van der Waals surface area contributed by atoms with E-state index in [1.807, 2.05) is 5.32 Å². The molecule has 0 aliphatic rings. The molecule has 1 aromatic rings. The van der Waals surface area contributed by atoms with Crippen molar-refractivity contribution in [2.45, 2.75) is 32.2 Å². The monoisotopic (exact) mass is 276 g/mol. The van der Waals surface area contributed by atoms with Gasteiger partial charge in [-0.25, -0.2) is 0 Å². The third-order valence-electron chi connectivity index (χ3n) is 2.10. The van der Waals surface area contributed by atoms with Gasteiger partial charge in [0.25, 0.3) is 0 Å². The molecular formula is C9H10F6N2O. The fraction of sp³-hybridized carbons (Fsp3) is 0.667. The van der Waals surface area contributed by atoms with Gasteiger partial charge in [0.1, 0.15) is 0 Å². The lowest BCUT2D eigenvalue weighted by atomic mass is 10.1. The summed E-state index contributed by atoms with van der Waals surface area (Å²) in [5.74, 6) is -0.228. The van der Waals surface area contributed by atoms with Crippen molar-refractivity contribution in [2.75, 3.05) is 6.54 Å². The third kappa shape index (κ3) is 3.90. The molecule has 9 heteroatoms. The number of nitrogens with zero attached hydrogens (tertiary/aromatic N) is 1. The van der Waals surface area contributed by atoms with E-state index >= 15 is 0 Å². The van der Waals surface area contributed by atoms with Gasteiger partial charge in [-0.3, -0.25) is 0 Å². The molecule has 0 saturated carbocycles. The number of aromatic nitrogens is 1. The molecule has 0 aromatic carbocycles. The molecule has 0 atom stereocenters. The van der Waals surface area contributed by atoms with Gasteiger partial charge in [-0.2, -0.15) is 26.3 Å². The summed E-state index contributed by atoms with van der Waals surface area (Å²) in [6, 6.07) is 0. The van der Waals surface area contributed by atoms with E-state index in [1.165, 1.54) is 6.92 Å². The largest absolute Gasteiger partial charge is 0.437 e. The van der Waals surface area contributed by atoms with E-state index in [0.29, 0.717) is 0 Å². The van der Waals surface area contributed by atoms with Crippen molar-refractivity contribution in [1.29, 1.82) is 0 Å². The minimum absolute atomic E-state index is 0.0264. The second-order valence-corrected chi connectivity index (χ2v) is 3.50. The van der Waals surface area contributed by atoms with Crippen LogP contribution in [0.5, 0.6) is 0 Å². The summed E-state index contributed by atoms with van der Waals surface area (Å²) in [6.07, 6.45) is -9.13. The summed E-state index contributed by atoms with van der Waals surface area (Å²) >= 11 is 0. The van der Waals surface area contributed by atoms with Crippen LogP contribution in [0.25, 0.3) is 0 Å². The van der Waals surface area contributed by atoms with Gasteiger partial charge < -0.3 is 9.84 Å². The molecule has 3 nitrogen and oxygen atoms in total. The first-order valence-corrected chi connectivity index (χ1v) is 4.97. The predicted octanol–water partition coefficient (Wildman–Crippen LogP) is 2.91. The highest BCUT2D eigenvalue weighted by molar-refractivity contribution is 5.25. The maximum absolute atomic E-state index is 12.4. The molecule has 104 valence electrons. The molecule has 0 saturated heterocycles. The van der Waals surface area contributed by atoms with Crippen LogP contribution in [0.3, 0.4) is 0 Å². The quantitative estimate of drug-likeness (QED) is 0.859. The van der Waals surface area contributed by atoms with Gasteiger partial charge in [-0.1, -0.05) is 12.1 Å². The molecule has 0 radical (unpaired) electrons. The van der Waals surface area contributed by atoms with Gasteiger partial charge in [0.15, 0.2) is 11.5 Å². The Bertz CT molecular complexity index is 395. The molecule has 1 heterocycles. The van der Waals surface area contributed by atoms with E-state index in [-0.39, 0.29) is 17.7 Å². The molecule has 1 rings (SSSR count). The highest BCUT2D eigenvalue weighted by Crippen LogP contribution is 2.32. The standard InChI is InChI=1S/C9H10F6N2O/c1-2-5-6(3-16-4-8(10,11)12)18-17-7(5)9(13,14)15/h16H,2-4H2,1H3. The van der Waals surface area contributed by atoms with Crippen LogP contribution in [-0.4, -0.2) is 17.9 Å². The fourth-order valence-corrected chi connectivity index (χ4v) is 1.39. The summed E-state index contributed by atoms with van der Waals surface area (Å²) in [5, 5.41) is 4.81. The fourth-order valence-electron chi connectivity index (χ4n) is 1.39. The van der Waals surface area contributed by atoms with Crippen molar-refractivity contribution < 1.29 is 30.9 Å². The summed E-state index contributed by atoms with van der Waals surface area (Å²) in [5.41, 5.74) is -1.41. The molecule has 1 aromatic heterocycles. The average Bonchev–Trinajstić information content (AvgIpc) is 2.58. The second kappa shape index (κ2) is 5.17. The van der Waals surface area contributed by atoms with Crippen molar-refractivity contribution in [2.24, 2.45) is 0 Å². The first-order chi connectivity index (χ1) is 8.15. The molecule has 0 amide bonds. The number of hydrogen-bond acceptors (Lipinski definition) is 3. The van der Waals surface area contributed by atoms with Crippen LogP contribution in [-0.2, 0) is 19.1 Å². The van der Waals surface area contributed by atoms with Crippen molar-refractivity contribution >= 4 is 0 Å². The van der Waals surface area contributed by atoms with E-state index < -0.39 is 31.1 Å². The minimum atomic E-state index is -4.67. The summed E-state index contributed by atoms with van der Waals surface area (Å²) in [4.78, 5) is 0. The van der Waals surface area contributed by atoms with Crippen LogP contribution in [0.15, 0.2) is 4.52 Å². The highest BCUT2D eigenvalue weighted by Gasteiger charge is 2.38. The highest BCUT2D eigenvalue weighted by atomic mass is 19.4.